The maximum absolute atomic E-state index is 10.7. The van der Waals surface area contributed by atoms with E-state index >= 15 is 0 Å². The van der Waals surface area contributed by atoms with Crippen LogP contribution in [0.15, 0.2) is 18.3 Å². The molecule has 94 valence electrons. The van der Waals surface area contributed by atoms with Crippen LogP contribution in [-0.2, 0) is 6.61 Å². The van der Waals surface area contributed by atoms with Crippen molar-refractivity contribution in [2.75, 3.05) is 12.4 Å². The molecule has 9 heteroatoms. The van der Waals surface area contributed by atoms with E-state index < -0.39 is 4.92 Å². The first-order valence-corrected chi connectivity index (χ1v) is 5.71. The van der Waals surface area contributed by atoms with Gasteiger partial charge in [0, 0.05) is 18.6 Å². The highest BCUT2D eigenvalue weighted by atomic mass is 32.1. The van der Waals surface area contributed by atoms with Crippen molar-refractivity contribution >= 4 is 22.4 Å². The molecule has 0 saturated heterocycles. The Labute approximate surface area is 106 Å². The summed E-state index contributed by atoms with van der Waals surface area (Å²) in [6.45, 7) is 0.0964. The van der Waals surface area contributed by atoms with Crippen LogP contribution in [0.4, 0.5) is 10.8 Å². The molecular formula is C9H9N5O3S. The zero-order chi connectivity index (χ0) is 13.0. The first-order valence-electron chi connectivity index (χ1n) is 4.93. The molecule has 0 fully saturated rings. The molecule has 0 unspecified atom stereocenters. The third-order valence-corrected chi connectivity index (χ3v) is 2.86. The highest BCUT2D eigenvalue weighted by Crippen LogP contribution is 2.25. The van der Waals surface area contributed by atoms with Crippen LogP contribution in [0.5, 0.6) is 5.75 Å². The molecule has 0 aliphatic rings. The summed E-state index contributed by atoms with van der Waals surface area (Å²) in [4.78, 5) is 13.8. The smallest absolute Gasteiger partial charge is 0.406 e. The van der Waals surface area contributed by atoms with Gasteiger partial charge >= 0.3 is 5.82 Å². The van der Waals surface area contributed by atoms with Gasteiger partial charge in [-0.2, -0.15) is 0 Å². The number of nitrogens with one attached hydrogen (secondary N) is 1. The molecule has 0 aliphatic heterocycles. The van der Waals surface area contributed by atoms with E-state index in [0.717, 1.165) is 5.00 Å². The topological polar surface area (TPSA) is 103 Å². The normalized spacial score (nSPS) is 10.1. The first kappa shape index (κ1) is 12.2. The molecule has 0 bridgehead atoms. The molecule has 0 aromatic carbocycles. The standard InChI is InChI=1S/C9H9N5O3S/c1-10-9-6(12-13-18-9)5-17-7-3-2-4-11-8(7)14(15)16/h2-4,10H,5H2,1H3. The van der Waals surface area contributed by atoms with Gasteiger partial charge in [-0.3, -0.25) is 0 Å². The van der Waals surface area contributed by atoms with Gasteiger partial charge in [0.2, 0.25) is 5.75 Å². The molecule has 0 saturated carbocycles. The van der Waals surface area contributed by atoms with Crippen molar-refractivity contribution < 1.29 is 9.66 Å². The molecule has 0 aliphatic carbocycles. The maximum Gasteiger partial charge on any atom is 0.406 e. The number of rotatable bonds is 5. The Kier molecular flexibility index (Phi) is 3.63. The van der Waals surface area contributed by atoms with E-state index in [0.29, 0.717) is 5.69 Å². The average molecular weight is 267 g/mol. The van der Waals surface area contributed by atoms with E-state index in [1.807, 2.05) is 0 Å². The molecule has 2 rings (SSSR count). The summed E-state index contributed by atoms with van der Waals surface area (Å²) in [7, 11) is 1.74. The number of ether oxygens (including phenoxy) is 1. The Morgan fingerprint density at radius 2 is 2.44 bits per heavy atom. The average Bonchev–Trinajstić information content (AvgIpc) is 2.84. The second-order valence-electron chi connectivity index (χ2n) is 3.17. The van der Waals surface area contributed by atoms with Crippen molar-refractivity contribution in [1.82, 2.24) is 14.6 Å². The second-order valence-corrected chi connectivity index (χ2v) is 3.92. The Balaban J connectivity index is 2.13. The number of nitrogens with zero attached hydrogens (tertiary/aromatic N) is 4. The van der Waals surface area contributed by atoms with Gasteiger partial charge in [0.1, 0.15) is 23.5 Å². The van der Waals surface area contributed by atoms with E-state index in [1.165, 1.54) is 23.8 Å². The van der Waals surface area contributed by atoms with Crippen LogP contribution in [0.1, 0.15) is 5.69 Å². The molecule has 18 heavy (non-hydrogen) atoms. The van der Waals surface area contributed by atoms with E-state index in [1.54, 1.807) is 13.1 Å². The summed E-state index contributed by atoms with van der Waals surface area (Å²) < 4.78 is 9.11. The number of hydrogen-bond acceptors (Lipinski definition) is 8. The van der Waals surface area contributed by atoms with E-state index in [4.69, 9.17) is 4.74 Å². The van der Waals surface area contributed by atoms with E-state index in [2.05, 4.69) is 19.9 Å². The second kappa shape index (κ2) is 5.36. The van der Waals surface area contributed by atoms with Crippen LogP contribution >= 0.6 is 11.5 Å². The van der Waals surface area contributed by atoms with Gasteiger partial charge < -0.3 is 20.2 Å². The maximum atomic E-state index is 10.7. The number of aromatic nitrogens is 3. The number of hydrogen-bond donors (Lipinski definition) is 1. The number of pyridine rings is 1. The molecule has 8 nitrogen and oxygen atoms in total. The molecule has 2 aromatic heterocycles. The summed E-state index contributed by atoms with van der Waals surface area (Å²) in [5.74, 6) is -0.204. The number of nitro groups is 1. The minimum absolute atomic E-state index is 0.0964. The fraction of sp³-hybridized carbons (Fsp3) is 0.222. The van der Waals surface area contributed by atoms with Crippen LogP contribution in [0.3, 0.4) is 0 Å². The van der Waals surface area contributed by atoms with Crippen molar-refractivity contribution in [1.29, 1.82) is 0 Å². The Bertz CT molecular complexity index is 559. The third-order valence-electron chi connectivity index (χ3n) is 2.07. The monoisotopic (exact) mass is 267 g/mol. The lowest BCUT2D eigenvalue weighted by Crippen LogP contribution is -2.02. The molecule has 2 heterocycles. The molecule has 0 amide bonds. The first-order chi connectivity index (χ1) is 8.72. The molecule has 0 spiro atoms. The Morgan fingerprint density at radius 3 is 3.17 bits per heavy atom. The van der Waals surface area contributed by atoms with Gasteiger partial charge in [0.05, 0.1) is 0 Å². The van der Waals surface area contributed by atoms with Gasteiger partial charge in [-0.25, -0.2) is 0 Å². The quantitative estimate of drug-likeness (QED) is 0.646. The SMILES string of the molecule is CNc1snnc1COc1cccnc1[N+](=O)[O-]. The van der Waals surface area contributed by atoms with Gasteiger partial charge in [-0.1, -0.05) is 4.49 Å². The van der Waals surface area contributed by atoms with Gasteiger partial charge in [-0.05, 0) is 22.0 Å². The van der Waals surface area contributed by atoms with Crippen LogP contribution in [0.25, 0.3) is 0 Å². The molecule has 1 N–H and O–H groups in total. The van der Waals surface area contributed by atoms with Crippen molar-refractivity contribution in [2.24, 2.45) is 0 Å². The third kappa shape index (κ3) is 2.51. The predicted octanol–water partition coefficient (Wildman–Crippen LogP) is 1.46. The highest BCUT2D eigenvalue weighted by Gasteiger charge is 2.16. The van der Waals surface area contributed by atoms with Crippen molar-refractivity contribution in [3.63, 3.8) is 0 Å². The summed E-state index contributed by atoms with van der Waals surface area (Å²) in [5, 5.41) is 18.3. The zero-order valence-corrected chi connectivity index (χ0v) is 10.2. The van der Waals surface area contributed by atoms with Crippen LogP contribution in [0, 0.1) is 10.1 Å². The fourth-order valence-corrected chi connectivity index (χ4v) is 1.79. The highest BCUT2D eigenvalue weighted by molar-refractivity contribution is 7.10. The Hall–Kier alpha value is -2.29. The van der Waals surface area contributed by atoms with Gasteiger partial charge in [0.25, 0.3) is 0 Å². The predicted molar refractivity (Wildman–Crippen MR) is 64.7 cm³/mol. The summed E-state index contributed by atoms with van der Waals surface area (Å²) in [6, 6.07) is 3.06. The largest absolute Gasteiger partial charge is 0.479 e. The van der Waals surface area contributed by atoms with Crippen molar-refractivity contribution in [3.05, 3.63) is 34.1 Å². The summed E-state index contributed by atoms with van der Waals surface area (Å²) in [6.07, 6.45) is 1.34. The van der Waals surface area contributed by atoms with Crippen molar-refractivity contribution in [2.45, 2.75) is 6.61 Å². The molecule has 0 atom stereocenters. The minimum atomic E-state index is -0.590. The van der Waals surface area contributed by atoms with Gasteiger partial charge in [0.15, 0.2) is 0 Å². The lowest BCUT2D eigenvalue weighted by molar-refractivity contribution is -0.390. The lowest BCUT2D eigenvalue weighted by Gasteiger charge is -2.04. The van der Waals surface area contributed by atoms with Gasteiger partial charge in [-0.15, -0.1) is 5.10 Å². The van der Waals surface area contributed by atoms with Crippen LogP contribution < -0.4 is 10.1 Å². The number of anilines is 1. The van der Waals surface area contributed by atoms with Crippen LogP contribution in [0.2, 0.25) is 0 Å². The van der Waals surface area contributed by atoms with E-state index in [-0.39, 0.29) is 18.2 Å². The van der Waals surface area contributed by atoms with Crippen LogP contribution in [-0.4, -0.2) is 26.5 Å². The van der Waals surface area contributed by atoms with E-state index in [9.17, 15) is 10.1 Å². The summed E-state index contributed by atoms with van der Waals surface area (Å²) >= 11 is 1.19. The minimum Gasteiger partial charge on any atom is -0.479 e. The fourth-order valence-electron chi connectivity index (χ4n) is 1.27. The molecular weight excluding hydrogens is 258 g/mol. The van der Waals surface area contributed by atoms with Crippen molar-refractivity contribution in [3.8, 4) is 5.75 Å². The zero-order valence-electron chi connectivity index (χ0n) is 9.36. The Morgan fingerprint density at radius 1 is 1.61 bits per heavy atom. The molecule has 2 aromatic rings. The summed E-state index contributed by atoms with van der Waals surface area (Å²) in [5.41, 5.74) is 0.598. The molecule has 0 radical (unpaired) electrons. The lowest BCUT2D eigenvalue weighted by atomic mass is 10.4.